The fourth-order valence-corrected chi connectivity index (χ4v) is 0.756. The Bertz CT molecular complexity index is 168. The van der Waals surface area contributed by atoms with E-state index in [1.807, 2.05) is 0 Å². The average molecular weight is 187 g/mol. The molecule has 76 valence electrons. The zero-order valence-corrected chi connectivity index (χ0v) is 8.26. The van der Waals surface area contributed by atoms with Crippen molar-refractivity contribution in [2.24, 2.45) is 0 Å². The number of amides is 1. The molecule has 0 heterocycles. The summed E-state index contributed by atoms with van der Waals surface area (Å²) in [5.41, 5.74) is 2.07. The molecule has 0 aliphatic rings. The summed E-state index contributed by atoms with van der Waals surface area (Å²) in [6.45, 7) is 3.75. The number of rotatable bonds is 5. The summed E-state index contributed by atoms with van der Waals surface area (Å²) in [6, 6.07) is 0. The first-order valence-electron chi connectivity index (χ1n) is 4.69. The second kappa shape index (κ2) is 7.58. The number of hydrogen-bond acceptors (Lipinski definition) is 3. The summed E-state index contributed by atoms with van der Waals surface area (Å²) in [5.74, 6) is -0.640. The number of nitrogens with one attached hydrogen (secondary N) is 1. The van der Waals surface area contributed by atoms with Crippen LogP contribution < -0.4 is 5.48 Å². The molecule has 0 aromatic rings. The van der Waals surface area contributed by atoms with Gasteiger partial charge in [0.05, 0.1) is 0 Å². The molecule has 0 atom stereocenters. The molecule has 0 bridgehead atoms. The van der Waals surface area contributed by atoms with E-state index < -0.39 is 0 Å². The average Bonchev–Trinajstić information content (AvgIpc) is 2.14. The Morgan fingerprint density at radius 2 is 1.92 bits per heavy atom. The van der Waals surface area contributed by atoms with Gasteiger partial charge in [0.1, 0.15) is 0 Å². The standard InChI is InChI=1S/C9H17NO3/c1-3-5-6-7-9(12)13-10-8(11)4-2/h3-7H2,1-2H3,(H,10,11). The van der Waals surface area contributed by atoms with Crippen LogP contribution >= 0.6 is 0 Å². The Hall–Kier alpha value is -1.06. The van der Waals surface area contributed by atoms with E-state index >= 15 is 0 Å². The molecule has 0 aliphatic heterocycles. The van der Waals surface area contributed by atoms with Crippen LogP contribution in [-0.2, 0) is 14.4 Å². The van der Waals surface area contributed by atoms with Crippen LogP contribution in [0.3, 0.4) is 0 Å². The van der Waals surface area contributed by atoms with Gasteiger partial charge in [0.2, 0.25) is 0 Å². The molecule has 0 rings (SSSR count). The van der Waals surface area contributed by atoms with E-state index in [0.717, 1.165) is 19.3 Å². The smallest absolute Gasteiger partial charge is 0.332 e. The lowest BCUT2D eigenvalue weighted by atomic mass is 10.2. The summed E-state index contributed by atoms with van der Waals surface area (Å²) in [4.78, 5) is 26.1. The van der Waals surface area contributed by atoms with Crippen molar-refractivity contribution in [3.8, 4) is 0 Å². The molecular formula is C9H17NO3. The molecule has 1 amide bonds. The van der Waals surface area contributed by atoms with E-state index in [-0.39, 0.29) is 11.9 Å². The molecule has 0 aromatic heterocycles. The summed E-state index contributed by atoms with van der Waals surface area (Å²) >= 11 is 0. The molecule has 4 heteroatoms. The predicted octanol–water partition coefficient (Wildman–Crippen LogP) is 1.55. The highest BCUT2D eigenvalue weighted by Gasteiger charge is 2.04. The monoisotopic (exact) mass is 187 g/mol. The van der Waals surface area contributed by atoms with Gasteiger partial charge in [0, 0.05) is 12.8 Å². The van der Waals surface area contributed by atoms with Gasteiger partial charge in [-0.1, -0.05) is 26.7 Å². The topological polar surface area (TPSA) is 55.4 Å². The summed E-state index contributed by atoms with van der Waals surface area (Å²) in [7, 11) is 0. The summed E-state index contributed by atoms with van der Waals surface area (Å²) in [6.07, 6.45) is 3.59. The summed E-state index contributed by atoms with van der Waals surface area (Å²) < 4.78 is 0. The van der Waals surface area contributed by atoms with Crippen LogP contribution in [0, 0.1) is 0 Å². The van der Waals surface area contributed by atoms with Gasteiger partial charge in [-0.15, -0.1) is 0 Å². The molecule has 0 saturated carbocycles. The van der Waals surface area contributed by atoms with E-state index in [9.17, 15) is 9.59 Å². The van der Waals surface area contributed by atoms with Gasteiger partial charge in [-0.05, 0) is 6.42 Å². The zero-order valence-electron chi connectivity index (χ0n) is 8.26. The van der Waals surface area contributed by atoms with Crippen molar-refractivity contribution in [1.82, 2.24) is 5.48 Å². The lowest BCUT2D eigenvalue weighted by Crippen LogP contribution is -2.25. The van der Waals surface area contributed by atoms with Crippen molar-refractivity contribution < 1.29 is 14.4 Å². The molecule has 0 unspecified atom stereocenters. The lowest BCUT2D eigenvalue weighted by Gasteiger charge is -2.03. The van der Waals surface area contributed by atoms with Crippen LogP contribution in [0.5, 0.6) is 0 Å². The Kier molecular flexibility index (Phi) is 6.96. The van der Waals surface area contributed by atoms with E-state index in [0.29, 0.717) is 12.8 Å². The number of carbonyl (C=O) groups is 2. The Balaban J connectivity index is 3.35. The quantitative estimate of drug-likeness (QED) is 0.524. The third-order valence-electron chi connectivity index (χ3n) is 1.58. The number of hydrogen-bond donors (Lipinski definition) is 1. The molecule has 0 spiro atoms. The highest BCUT2D eigenvalue weighted by molar-refractivity contribution is 5.77. The van der Waals surface area contributed by atoms with E-state index in [1.54, 1.807) is 6.92 Å². The van der Waals surface area contributed by atoms with Crippen molar-refractivity contribution in [3.05, 3.63) is 0 Å². The molecule has 0 saturated heterocycles. The molecule has 0 fully saturated rings. The maximum absolute atomic E-state index is 10.9. The second-order valence-electron chi connectivity index (χ2n) is 2.81. The van der Waals surface area contributed by atoms with Crippen molar-refractivity contribution in [2.45, 2.75) is 46.0 Å². The number of hydroxylamine groups is 1. The molecule has 0 aliphatic carbocycles. The number of unbranched alkanes of at least 4 members (excludes halogenated alkanes) is 2. The van der Waals surface area contributed by atoms with Gasteiger partial charge in [0.25, 0.3) is 5.91 Å². The normalized spacial score (nSPS) is 9.38. The van der Waals surface area contributed by atoms with Crippen molar-refractivity contribution >= 4 is 11.9 Å². The SMILES string of the molecule is CCCCCC(=O)ONC(=O)CC. The maximum atomic E-state index is 10.9. The first-order valence-corrected chi connectivity index (χ1v) is 4.69. The fraction of sp³-hybridized carbons (Fsp3) is 0.778. The van der Waals surface area contributed by atoms with Gasteiger partial charge in [0.15, 0.2) is 0 Å². The van der Waals surface area contributed by atoms with Gasteiger partial charge in [-0.25, -0.2) is 4.79 Å². The fourth-order valence-electron chi connectivity index (χ4n) is 0.756. The van der Waals surface area contributed by atoms with Crippen LogP contribution in [0.1, 0.15) is 46.0 Å². The Labute approximate surface area is 78.6 Å². The third-order valence-corrected chi connectivity index (χ3v) is 1.58. The minimum atomic E-state index is -0.366. The number of carbonyl (C=O) groups excluding carboxylic acids is 2. The minimum absolute atomic E-state index is 0.274. The van der Waals surface area contributed by atoms with Gasteiger partial charge in [-0.3, -0.25) is 4.79 Å². The Morgan fingerprint density at radius 1 is 1.23 bits per heavy atom. The van der Waals surface area contributed by atoms with Crippen LogP contribution in [0.25, 0.3) is 0 Å². The van der Waals surface area contributed by atoms with Crippen LogP contribution in [-0.4, -0.2) is 11.9 Å². The van der Waals surface area contributed by atoms with Crippen molar-refractivity contribution in [3.63, 3.8) is 0 Å². The summed E-state index contributed by atoms with van der Waals surface area (Å²) in [5, 5.41) is 0. The van der Waals surface area contributed by atoms with Crippen LogP contribution in [0.15, 0.2) is 0 Å². The van der Waals surface area contributed by atoms with Crippen molar-refractivity contribution in [2.75, 3.05) is 0 Å². The molecule has 0 aromatic carbocycles. The second-order valence-corrected chi connectivity index (χ2v) is 2.81. The third kappa shape index (κ3) is 7.31. The van der Waals surface area contributed by atoms with Gasteiger partial charge >= 0.3 is 5.97 Å². The van der Waals surface area contributed by atoms with E-state index in [4.69, 9.17) is 0 Å². The maximum Gasteiger partial charge on any atom is 0.332 e. The molecule has 13 heavy (non-hydrogen) atoms. The molecular weight excluding hydrogens is 170 g/mol. The molecule has 1 N–H and O–H groups in total. The largest absolute Gasteiger partial charge is 0.341 e. The minimum Gasteiger partial charge on any atom is -0.341 e. The predicted molar refractivity (Wildman–Crippen MR) is 48.7 cm³/mol. The van der Waals surface area contributed by atoms with Gasteiger partial charge in [-0.2, -0.15) is 5.48 Å². The Morgan fingerprint density at radius 3 is 2.46 bits per heavy atom. The van der Waals surface area contributed by atoms with E-state index in [1.165, 1.54) is 0 Å². The van der Waals surface area contributed by atoms with Crippen LogP contribution in [0.2, 0.25) is 0 Å². The molecule has 0 radical (unpaired) electrons. The lowest BCUT2D eigenvalue weighted by molar-refractivity contribution is -0.158. The highest BCUT2D eigenvalue weighted by atomic mass is 16.7. The highest BCUT2D eigenvalue weighted by Crippen LogP contribution is 1.99. The zero-order chi connectivity index (χ0) is 10.1. The molecule has 4 nitrogen and oxygen atoms in total. The van der Waals surface area contributed by atoms with E-state index in [2.05, 4.69) is 17.2 Å². The first-order chi connectivity index (χ1) is 6.20. The van der Waals surface area contributed by atoms with Crippen molar-refractivity contribution in [1.29, 1.82) is 0 Å². The van der Waals surface area contributed by atoms with Crippen LogP contribution in [0.4, 0.5) is 0 Å². The first kappa shape index (κ1) is 11.9. The van der Waals surface area contributed by atoms with Gasteiger partial charge < -0.3 is 4.84 Å².